The maximum Gasteiger partial charge on any atom is 0.418 e. The minimum absolute atomic E-state index is 0.0316. The van der Waals surface area contributed by atoms with Crippen LogP contribution in [0.25, 0.3) is 0 Å². The van der Waals surface area contributed by atoms with Gasteiger partial charge in [-0.15, -0.1) is 0 Å². The highest BCUT2D eigenvalue weighted by Gasteiger charge is 2.35. The molecule has 2 amide bonds. The molecule has 1 saturated carbocycles. The van der Waals surface area contributed by atoms with Gasteiger partial charge in [-0.25, -0.2) is 0 Å². The average Bonchev–Trinajstić information content (AvgIpc) is 2.55. The number of halogens is 4. The van der Waals surface area contributed by atoms with E-state index >= 15 is 0 Å². The maximum absolute atomic E-state index is 13.1. The van der Waals surface area contributed by atoms with E-state index in [0.717, 1.165) is 12.1 Å². The van der Waals surface area contributed by atoms with Crippen molar-refractivity contribution in [1.82, 2.24) is 5.32 Å². The van der Waals surface area contributed by atoms with Crippen LogP contribution in [0.1, 0.15) is 45.1 Å². The molecule has 0 aliphatic heterocycles. The monoisotopic (exact) mass is 390 g/mol. The fourth-order valence-electron chi connectivity index (χ4n) is 3.11. The molecule has 1 aliphatic rings. The highest BCUT2D eigenvalue weighted by Crippen LogP contribution is 2.37. The van der Waals surface area contributed by atoms with E-state index in [9.17, 15) is 22.8 Å². The van der Waals surface area contributed by atoms with Gasteiger partial charge < -0.3 is 10.6 Å². The summed E-state index contributed by atoms with van der Waals surface area (Å²) in [4.78, 5) is 24.4. The van der Waals surface area contributed by atoms with Gasteiger partial charge in [0.1, 0.15) is 0 Å². The molecule has 0 aromatic heterocycles. The Labute approximate surface area is 155 Å². The quantitative estimate of drug-likeness (QED) is 0.787. The van der Waals surface area contributed by atoms with Crippen LogP contribution in [0.3, 0.4) is 0 Å². The van der Waals surface area contributed by atoms with E-state index in [0.29, 0.717) is 25.7 Å². The molecule has 0 atom stereocenters. The zero-order valence-corrected chi connectivity index (χ0v) is 15.4. The van der Waals surface area contributed by atoms with E-state index in [2.05, 4.69) is 10.6 Å². The fourth-order valence-corrected chi connectivity index (χ4v) is 3.29. The third kappa shape index (κ3) is 5.37. The van der Waals surface area contributed by atoms with Crippen molar-refractivity contribution in [3.8, 4) is 0 Å². The average molecular weight is 391 g/mol. The molecule has 2 rings (SSSR count). The second kappa shape index (κ2) is 8.29. The van der Waals surface area contributed by atoms with Gasteiger partial charge in [0.2, 0.25) is 11.8 Å². The maximum atomic E-state index is 13.1. The molecule has 0 unspecified atom stereocenters. The molecule has 26 heavy (non-hydrogen) atoms. The SMILES string of the molecule is CC(C)NC(=O)C1CCC(C(=O)Nc2ccc(Cl)cc2C(F)(F)F)CC1. The first-order valence-electron chi connectivity index (χ1n) is 8.56. The molecule has 2 N–H and O–H groups in total. The van der Waals surface area contributed by atoms with Gasteiger partial charge in [-0.3, -0.25) is 9.59 Å². The van der Waals surface area contributed by atoms with E-state index in [1.165, 1.54) is 6.07 Å². The molecule has 0 spiro atoms. The number of alkyl halides is 3. The van der Waals surface area contributed by atoms with E-state index in [-0.39, 0.29) is 28.6 Å². The van der Waals surface area contributed by atoms with Crippen LogP contribution in [0, 0.1) is 11.8 Å². The summed E-state index contributed by atoms with van der Waals surface area (Å²) >= 11 is 5.64. The molecule has 144 valence electrons. The first kappa shape index (κ1) is 20.6. The predicted molar refractivity (Wildman–Crippen MR) is 93.8 cm³/mol. The Balaban J connectivity index is 1.99. The van der Waals surface area contributed by atoms with Crippen LogP contribution in [-0.2, 0) is 15.8 Å². The van der Waals surface area contributed by atoms with Crippen molar-refractivity contribution >= 4 is 29.1 Å². The van der Waals surface area contributed by atoms with Crippen LogP contribution in [0.15, 0.2) is 18.2 Å². The normalized spacial score (nSPS) is 20.7. The van der Waals surface area contributed by atoms with E-state index in [4.69, 9.17) is 11.6 Å². The van der Waals surface area contributed by atoms with E-state index < -0.39 is 23.6 Å². The number of benzene rings is 1. The van der Waals surface area contributed by atoms with Gasteiger partial charge in [-0.05, 0) is 57.7 Å². The topological polar surface area (TPSA) is 58.2 Å². The molecule has 0 saturated heterocycles. The Hall–Kier alpha value is -1.76. The van der Waals surface area contributed by atoms with Crippen LogP contribution < -0.4 is 10.6 Å². The van der Waals surface area contributed by atoms with Gasteiger partial charge in [-0.2, -0.15) is 13.2 Å². The molecule has 1 aliphatic carbocycles. The Morgan fingerprint density at radius 1 is 1.08 bits per heavy atom. The van der Waals surface area contributed by atoms with Crippen LogP contribution >= 0.6 is 11.6 Å². The first-order valence-corrected chi connectivity index (χ1v) is 8.93. The van der Waals surface area contributed by atoms with Crippen molar-refractivity contribution in [2.75, 3.05) is 5.32 Å². The highest BCUT2D eigenvalue weighted by molar-refractivity contribution is 6.30. The third-order valence-electron chi connectivity index (χ3n) is 4.44. The molecule has 1 aromatic rings. The molecule has 1 aromatic carbocycles. The molecule has 1 fully saturated rings. The molecular formula is C18H22ClF3N2O2. The predicted octanol–water partition coefficient (Wildman–Crippen LogP) is 4.63. The van der Waals surface area contributed by atoms with E-state index in [1.54, 1.807) is 0 Å². The number of carbonyl (C=O) groups is 2. The second-order valence-electron chi connectivity index (χ2n) is 6.89. The van der Waals surface area contributed by atoms with E-state index in [1.807, 2.05) is 13.8 Å². The Kier molecular flexibility index (Phi) is 6.55. The van der Waals surface area contributed by atoms with Gasteiger partial charge in [0.15, 0.2) is 0 Å². The summed E-state index contributed by atoms with van der Waals surface area (Å²) in [5.41, 5.74) is -1.27. The van der Waals surface area contributed by atoms with Gasteiger partial charge in [-0.1, -0.05) is 11.6 Å². The minimum atomic E-state index is -4.61. The summed E-state index contributed by atoms with van der Waals surface area (Å²) in [5, 5.41) is 5.17. The second-order valence-corrected chi connectivity index (χ2v) is 7.33. The highest BCUT2D eigenvalue weighted by atomic mass is 35.5. The summed E-state index contributed by atoms with van der Waals surface area (Å²) in [6, 6.07) is 3.31. The third-order valence-corrected chi connectivity index (χ3v) is 4.68. The molecule has 0 bridgehead atoms. The Bertz CT molecular complexity index is 669. The first-order chi connectivity index (χ1) is 12.1. The lowest BCUT2D eigenvalue weighted by Gasteiger charge is -2.28. The van der Waals surface area contributed by atoms with Gasteiger partial charge in [0.05, 0.1) is 11.3 Å². The van der Waals surface area contributed by atoms with Crippen molar-refractivity contribution in [1.29, 1.82) is 0 Å². The van der Waals surface area contributed by atoms with Gasteiger partial charge in [0, 0.05) is 22.9 Å². The standard InChI is InChI=1S/C18H22ClF3N2O2/c1-10(2)23-16(25)11-3-5-12(6-4-11)17(26)24-15-8-7-13(19)9-14(15)18(20,21)22/h7-12H,3-6H2,1-2H3,(H,23,25)(H,24,26). The molecule has 0 heterocycles. The number of carbonyl (C=O) groups excluding carboxylic acids is 2. The van der Waals surface area contributed by atoms with Crippen molar-refractivity contribution in [2.45, 2.75) is 51.7 Å². The molecule has 4 nitrogen and oxygen atoms in total. The van der Waals surface area contributed by atoms with Crippen LogP contribution in [0.2, 0.25) is 5.02 Å². The number of hydrogen-bond acceptors (Lipinski definition) is 2. The molecular weight excluding hydrogens is 369 g/mol. The summed E-state index contributed by atoms with van der Waals surface area (Å²) in [5.74, 6) is -1.05. The van der Waals surface area contributed by atoms with Crippen molar-refractivity contribution in [3.63, 3.8) is 0 Å². The van der Waals surface area contributed by atoms with Crippen LogP contribution in [0.4, 0.5) is 18.9 Å². The smallest absolute Gasteiger partial charge is 0.354 e. The summed E-state index contributed by atoms with van der Waals surface area (Å²) in [6.45, 7) is 3.75. The van der Waals surface area contributed by atoms with Crippen LogP contribution in [-0.4, -0.2) is 17.9 Å². The largest absolute Gasteiger partial charge is 0.418 e. The fraction of sp³-hybridized carbons (Fsp3) is 0.556. The van der Waals surface area contributed by atoms with Gasteiger partial charge in [0.25, 0.3) is 0 Å². The van der Waals surface area contributed by atoms with Crippen molar-refractivity contribution in [2.24, 2.45) is 11.8 Å². The molecule has 0 radical (unpaired) electrons. The van der Waals surface area contributed by atoms with Crippen molar-refractivity contribution in [3.05, 3.63) is 28.8 Å². The Morgan fingerprint density at radius 2 is 1.62 bits per heavy atom. The minimum Gasteiger partial charge on any atom is -0.354 e. The lowest BCUT2D eigenvalue weighted by Crippen LogP contribution is -2.38. The van der Waals surface area contributed by atoms with Gasteiger partial charge >= 0.3 is 6.18 Å². The lowest BCUT2D eigenvalue weighted by atomic mass is 9.81. The number of amides is 2. The lowest BCUT2D eigenvalue weighted by molar-refractivity contribution is -0.137. The zero-order chi connectivity index (χ0) is 19.5. The summed E-state index contributed by atoms with van der Waals surface area (Å²) < 4.78 is 39.3. The number of rotatable bonds is 4. The Morgan fingerprint density at radius 3 is 2.12 bits per heavy atom. The number of anilines is 1. The van der Waals surface area contributed by atoms with Crippen molar-refractivity contribution < 1.29 is 22.8 Å². The zero-order valence-electron chi connectivity index (χ0n) is 14.6. The van der Waals surface area contributed by atoms with Crippen LogP contribution in [0.5, 0.6) is 0 Å². The summed E-state index contributed by atoms with van der Waals surface area (Å²) in [6.07, 6.45) is -2.58. The molecule has 8 heteroatoms. The summed E-state index contributed by atoms with van der Waals surface area (Å²) in [7, 11) is 0. The number of nitrogens with one attached hydrogen (secondary N) is 2. The number of hydrogen-bond donors (Lipinski definition) is 2.